The molecule has 0 bridgehead atoms. The molecule has 1 unspecified atom stereocenters. The van der Waals surface area contributed by atoms with Gasteiger partial charge in [-0.15, -0.1) is 11.8 Å². The predicted molar refractivity (Wildman–Crippen MR) is 94.3 cm³/mol. The number of halogens is 1. The van der Waals surface area contributed by atoms with E-state index in [1.54, 1.807) is 11.8 Å². The molecule has 20 heavy (non-hydrogen) atoms. The molecule has 0 spiro atoms. The minimum Gasteiger partial charge on any atom is -0.325 e. The third-order valence-corrected chi connectivity index (χ3v) is 4.58. The lowest BCUT2D eigenvalue weighted by Crippen LogP contribution is -2.22. The second kappa shape index (κ2) is 7.13. The molecular formula is C16H16INOS. The van der Waals surface area contributed by atoms with Gasteiger partial charge in [0.2, 0.25) is 5.91 Å². The fraction of sp³-hybridized carbons (Fsp3) is 0.188. The summed E-state index contributed by atoms with van der Waals surface area (Å²) in [6.45, 7) is 3.98. The van der Waals surface area contributed by atoms with E-state index in [4.69, 9.17) is 0 Å². The Morgan fingerprint density at radius 2 is 1.90 bits per heavy atom. The number of benzene rings is 2. The zero-order valence-electron chi connectivity index (χ0n) is 11.4. The Morgan fingerprint density at radius 3 is 2.55 bits per heavy atom. The molecule has 1 amide bonds. The standard InChI is InChI=1S/C16H16INOS/c1-11-6-8-15(9-7-11)20-12(2)16(19)18-14-5-3-4-13(17)10-14/h3-10,12H,1-2H3,(H,18,19). The number of hydrogen-bond acceptors (Lipinski definition) is 2. The van der Waals surface area contributed by atoms with Crippen molar-refractivity contribution < 1.29 is 4.79 Å². The van der Waals surface area contributed by atoms with Crippen LogP contribution < -0.4 is 5.32 Å². The Labute approximate surface area is 137 Å². The van der Waals surface area contributed by atoms with Crippen LogP contribution in [-0.2, 0) is 4.79 Å². The number of aryl methyl sites for hydroxylation is 1. The zero-order valence-corrected chi connectivity index (χ0v) is 14.4. The van der Waals surface area contributed by atoms with Crippen LogP contribution in [0.2, 0.25) is 0 Å². The van der Waals surface area contributed by atoms with Gasteiger partial charge in [-0.05, 0) is 66.8 Å². The first-order valence-corrected chi connectivity index (χ1v) is 8.30. The zero-order chi connectivity index (χ0) is 14.5. The Bertz CT molecular complexity index is 598. The van der Waals surface area contributed by atoms with Gasteiger partial charge in [0.05, 0.1) is 5.25 Å². The second-order valence-electron chi connectivity index (χ2n) is 4.57. The molecule has 0 heterocycles. The van der Waals surface area contributed by atoms with Crippen molar-refractivity contribution in [2.45, 2.75) is 24.0 Å². The normalized spacial score (nSPS) is 11.9. The van der Waals surface area contributed by atoms with Crippen LogP contribution in [-0.4, -0.2) is 11.2 Å². The third-order valence-electron chi connectivity index (χ3n) is 2.80. The fourth-order valence-corrected chi connectivity index (χ4v) is 3.10. The molecule has 0 radical (unpaired) electrons. The first kappa shape index (κ1) is 15.4. The van der Waals surface area contributed by atoms with Crippen molar-refractivity contribution in [1.82, 2.24) is 0 Å². The predicted octanol–water partition coefficient (Wildman–Crippen LogP) is 4.72. The molecule has 2 aromatic carbocycles. The Morgan fingerprint density at radius 1 is 1.20 bits per heavy atom. The summed E-state index contributed by atoms with van der Waals surface area (Å²) in [7, 11) is 0. The molecule has 104 valence electrons. The van der Waals surface area contributed by atoms with Crippen molar-refractivity contribution in [1.29, 1.82) is 0 Å². The number of hydrogen-bond donors (Lipinski definition) is 1. The molecule has 0 aliphatic heterocycles. The van der Waals surface area contributed by atoms with Crippen LogP contribution in [0.4, 0.5) is 5.69 Å². The summed E-state index contributed by atoms with van der Waals surface area (Å²) in [6, 6.07) is 16.0. The van der Waals surface area contributed by atoms with Gasteiger partial charge in [-0.3, -0.25) is 4.79 Å². The van der Waals surface area contributed by atoms with Crippen molar-refractivity contribution >= 4 is 45.9 Å². The van der Waals surface area contributed by atoms with E-state index in [9.17, 15) is 4.79 Å². The second-order valence-corrected chi connectivity index (χ2v) is 7.23. The monoisotopic (exact) mass is 397 g/mol. The van der Waals surface area contributed by atoms with Crippen molar-refractivity contribution in [2.75, 3.05) is 5.32 Å². The maximum absolute atomic E-state index is 12.2. The van der Waals surface area contributed by atoms with Crippen molar-refractivity contribution in [3.05, 3.63) is 57.7 Å². The molecule has 2 nitrogen and oxygen atoms in total. The lowest BCUT2D eigenvalue weighted by atomic mass is 10.2. The number of amides is 1. The first-order chi connectivity index (χ1) is 9.54. The fourth-order valence-electron chi connectivity index (χ4n) is 1.68. The molecule has 0 aliphatic carbocycles. The largest absolute Gasteiger partial charge is 0.325 e. The van der Waals surface area contributed by atoms with Gasteiger partial charge in [0.25, 0.3) is 0 Å². The number of carbonyl (C=O) groups excluding carboxylic acids is 1. The van der Waals surface area contributed by atoms with Crippen molar-refractivity contribution in [3.63, 3.8) is 0 Å². The van der Waals surface area contributed by atoms with Crippen LogP contribution in [0, 0.1) is 10.5 Å². The van der Waals surface area contributed by atoms with Crippen LogP contribution >= 0.6 is 34.4 Å². The van der Waals surface area contributed by atoms with E-state index in [1.165, 1.54) is 5.56 Å². The van der Waals surface area contributed by atoms with Crippen LogP contribution in [0.15, 0.2) is 53.4 Å². The number of nitrogens with one attached hydrogen (secondary N) is 1. The van der Waals surface area contributed by atoms with Crippen LogP contribution in [0.3, 0.4) is 0 Å². The van der Waals surface area contributed by atoms with E-state index < -0.39 is 0 Å². The van der Waals surface area contributed by atoms with Crippen LogP contribution in [0.1, 0.15) is 12.5 Å². The molecule has 0 saturated heterocycles. The average Bonchev–Trinajstić information content (AvgIpc) is 2.41. The molecule has 2 aromatic rings. The van der Waals surface area contributed by atoms with Crippen LogP contribution in [0.25, 0.3) is 0 Å². The molecule has 0 aliphatic rings. The molecule has 1 N–H and O–H groups in total. The minimum atomic E-state index is -0.129. The van der Waals surface area contributed by atoms with Crippen molar-refractivity contribution in [3.8, 4) is 0 Å². The molecule has 4 heteroatoms. The summed E-state index contributed by atoms with van der Waals surface area (Å²) in [5.74, 6) is 0.0255. The van der Waals surface area contributed by atoms with Gasteiger partial charge in [0.15, 0.2) is 0 Å². The smallest absolute Gasteiger partial charge is 0.237 e. The highest BCUT2D eigenvalue weighted by molar-refractivity contribution is 14.1. The summed E-state index contributed by atoms with van der Waals surface area (Å²) >= 11 is 3.80. The van der Waals surface area contributed by atoms with Gasteiger partial charge >= 0.3 is 0 Å². The summed E-state index contributed by atoms with van der Waals surface area (Å²) < 4.78 is 1.11. The topological polar surface area (TPSA) is 29.1 Å². The van der Waals surface area contributed by atoms with E-state index in [2.05, 4.69) is 59.1 Å². The number of carbonyl (C=O) groups is 1. The van der Waals surface area contributed by atoms with E-state index >= 15 is 0 Å². The summed E-state index contributed by atoms with van der Waals surface area (Å²) in [6.07, 6.45) is 0. The molecule has 0 aromatic heterocycles. The van der Waals surface area contributed by atoms with Gasteiger partial charge in [-0.25, -0.2) is 0 Å². The van der Waals surface area contributed by atoms with E-state index in [0.717, 1.165) is 14.2 Å². The first-order valence-electron chi connectivity index (χ1n) is 6.34. The SMILES string of the molecule is Cc1ccc(SC(C)C(=O)Nc2cccc(I)c2)cc1. The van der Waals surface area contributed by atoms with Gasteiger partial charge in [-0.1, -0.05) is 23.8 Å². The number of thioether (sulfide) groups is 1. The van der Waals surface area contributed by atoms with Gasteiger partial charge < -0.3 is 5.32 Å². The summed E-state index contributed by atoms with van der Waals surface area (Å²) in [5, 5.41) is 2.82. The van der Waals surface area contributed by atoms with Gasteiger partial charge in [-0.2, -0.15) is 0 Å². The van der Waals surface area contributed by atoms with Crippen LogP contribution in [0.5, 0.6) is 0 Å². The number of anilines is 1. The maximum Gasteiger partial charge on any atom is 0.237 e. The average molecular weight is 397 g/mol. The Kier molecular flexibility index (Phi) is 5.48. The van der Waals surface area contributed by atoms with Gasteiger partial charge in [0, 0.05) is 14.2 Å². The molecule has 0 fully saturated rings. The van der Waals surface area contributed by atoms with Crippen molar-refractivity contribution in [2.24, 2.45) is 0 Å². The lowest BCUT2D eigenvalue weighted by Gasteiger charge is -2.12. The lowest BCUT2D eigenvalue weighted by molar-refractivity contribution is -0.115. The number of rotatable bonds is 4. The highest BCUT2D eigenvalue weighted by atomic mass is 127. The summed E-state index contributed by atoms with van der Waals surface area (Å²) in [4.78, 5) is 13.3. The quantitative estimate of drug-likeness (QED) is 0.598. The maximum atomic E-state index is 12.2. The minimum absolute atomic E-state index is 0.0255. The van der Waals surface area contributed by atoms with E-state index in [1.807, 2.05) is 31.2 Å². The molecule has 0 saturated carbocycles. The summed E-state index contributed by atoms with van der Waals surface area (Å²) in [5.41, 5.74) is 2.07. The molecule has 2 rings (SSSR count). The third kappa shape index (κ3) is 4.52. The van der Waals surface area contributed by atoms with E-state index in [0.29, 0.717) is 0 Å². The Balaban J connectivity index is 1.96. The van der Waals surface area contributed by atoms with E-state index in [-0.39, 0.29) is 11.2 Å². The highest BCUT2D eigenvalue weighted by Gasteiger charge is 2.14. The molecule has 1 atom stereocenters. The van der Waals surface area contributed by atoms with Gasteiger partial charge in [0.1, 0.15) is 0 Å². The molecular weight excluding hydrogens is 381 g/mol. The highest BCUT2D eigenvalue weighted by Crippen LogP contribution is 2.24. The Hall–Kier alpha value is -1.01.